The molecule has 0 aliphatic carbocycles. The molecule has 8 nitrogen and oxygen atoms in total. The van der Waals surface area contributed by atoms with Crippen LogP contribution >= 0.6 is 0 Å². The van der Waals surface area contributed by atoms with Gasteiger partial charge in [-0.2, -0.15) is 0 Å². The van der Waals surface area contributed by atoms with Crippen LogP contribution in [0.5, 0.6) is 0 Å². The van der Waals surface area contributed by atoms with Gasteiger partial charge in [-0.3, -0.25) is 19.2 Å². The summed E-state index contributed by atoms with van der Waals surface area (Å²) in [5, 5.41) is 35.3. The van der Waals surface area contributed by atoms with Crippen LogP contribution in [0, 0.1) is 11.3 Å². The highest BCUT2D eigenvalue weighted by molar-refractivity contribution is 6.19. The number of hydrogen-bond donors (Lipinski definition) is 4. The first-order valence-electron chi connectivity index (χ1n) is 4.82. The van der Waals surface area contributed by atoms with Crippen LogP contribution in [0.15, 0.2) is 12.2 Å². The Morgan fingerprint density at radius 1 is 1.00 bits per heavy atom. The maximum Gasteiger partial charge on any atom is 0.334 e. The van der Waals surface area contributed by atoms with Crippen molar-refractivity contribution < 1.29 is 39.6 Å². The summed E-state index contributed by atoms with van der Waals surface area (Å²) in [5.74, 6) is -10.8. The number of rotatable bonds is 7. The van der Waals surface area contributed by atoms with E-state index < -0.39 is 35.2 Å². The van der Waals surface area contributed by atoms with Gasteiger partial charge in [-0.05, 0) is 6.42 Å². The molecule has 1 atom stereocenters. The summed E-state index contributed by atoms with van der Waals surface area (Å²) in [6.45, 7) is 1.60. The van der Waals surface area contributed by atoms with E-state index in [1.807, 2.05) is 0 Å². The van der Waals surface area contributed by atoms with Gasteiger partial charge in [-0.1, -0.05) is 19.1 Å². The third kappa shape index (κ3) is 2.47. The second-order valence-corrected chi connectivity index (χ2v) is 3.38. The Morgan fingerprint density at radius 3 is 1.61 bits per heavy atom. The largest absolute Gasteiger partial charge is 0.481 e. The third-order valence-electron chi connectivity index (χ3n) is 2.31. The fourth-order valence-corrected chi connectivity index (χ4v) is 1.36. The summed E-state index contributed by atoms with van der Waals surface area (Å²) < 4.78 is 0. The number of carboxylic acids is 4. The summed E-state index contributed by atoms with van der Waals surface area (Å²) in [5.41, 5.74) is -3.45. The normalized spacial score (nSPS) is 13.2. The molecule has 0 heterocycles. The van der Waals surface area contributed by atoms with E-state index >= 15 is 0 Å². The predicted octanol–water partition coefficient (Wildman–Crippen LogP) is -0.106. The third-order valence-corrected chi connectivity index (χ3v) is 2.31. The predicted molar refractivity (Wildman–Crippen MR) is 55.9 cm³/mol. The molecule has 100 valence electrons. The van der Waals surface area contributed by atoms with Crippen molar-refractivity contribution in [2.75, 3.05) is 0 Å². The smallest absolute Gasteiger partial charge is 0.334 e. The molecular weight excluding hydrogens is 248 g/mol. The minimum atomic E-state index is -3.45. The molecular formula is C10H12O8. The van der Waals surface area contributed by atoms with Crippen molar-refractivity contribution in [1.29, 1.82) is 0 Å². The fraction of sp³-hybridized carbons (Fsp3) is 0.400. The number of hydrogen-bond acceptors (Lipinski definition) is 4. The zero-order chi connectivity index (χ0) is 14.5. The molecule has 18 heavy (non-hydrogen) atoms. The van der Waals surface area contributed by atoms with Crippen LogP contribution in [0.3, 0.4) is 0 Å². The Hall–Kier alpha value is -2.38. The second-order valence-electron chi connectivity index (χ2n) is 3.38. The first-order chi connectivity index (χ1) is 8.22. The lowest BCUT2D eigenvalue weighted by atomic mass is 9.74. The zero-order valence-corrected chi connectivity index (χ0v) is 9.36. The van der Waals surface area contributed by atoms with Gasteiger partial charge < -0.3 is 20.4 Å². The van der Waals surface area contributed by atoms with Crippen molar-refractivity contribution >= 4 is 23.9 Å². The van der Waals surface area contributed by atoms with Gasteiger partial charge in [0.05, 0.1) is 0 Å². The molecule has 8 heteroatoms. The topological polar surface area (TPSA) is 149 Å². The Morgan fingerprint density at radius 2 is 1.39 bits per heavy atom. The molecule has 0 aliphatic heterocycles. The molecule has 0 amide bonds. The number of aliphatic carboxylic acids is 4. The molecule has 0 aliphatic rings. The Bertz CT molecular complexity index is 372. The van der Waals surface area contributed by atoms with Crippen molar-refractivity contribution in [1.82, 2.24) is 0 Å². The minimum Gasteiger partial charge on any atom is -0.481 e. The molecule has 0 spiro atoms. The molecule has 0 rings (SSSR count). The van der Waals surface area contributed by atoms with Gasteiger partial charge in [-0.25, -0.2) is 0 Å². The molecule has 4 N–H and O–H groups in total. The van der Waals surface area contributed by atoms with E-state index in [4.69, 9.17) is 20.4 Å². The Balaban J connectivity index is 6.02. The van der Waals surface area contributed by atoms with Crippen LogP contribution in [-0.2, 0) is 19.2 Å². The summed E-state index contributed by atoms with van der Waals surface area (Å²) in [6.07, 6.45) is 2.26. The summed E-state index contributed by atoms with van der Waals surface area (Å²) in [7, 11) is 0. The lowest BCUT2D eigenvalue weighted by molar-refractivity contribution is -0.183. The molecule has 0 fully saturated rings. The fourth-order valence-electron chi connectivity index (χ4n) is 1.36. The van der Waals surface area contributed by atoms with Gasteiger partial charge in [-0.15, -0.1) is 0 Å². The summed E-state index contributed by atoms with van der Waals surface area (Å²) in [4.78, 5) is 43.8. The van der Waals surface area contributed by atoms with E-state index in [-0.39, 0.29) is 0 Å². The maximum atomic E-state index is 11.0. The minimum absolute atomic E-state index is 0.304. The van der Waals surface area contributed by atoms with E-state index in [1.54, 1.807) is 6.92 Å². The number of allylic oxidation sites excluding steroid dienone is 1. The van der Waals surface area contributed by atoms with E-state index in [2.05, 4.69) is 0 Å². The van der Waals surface area contributed by atoms with Crippen LogP contribution in [0.2, 0.25) is 0 Å². The van der Waals surface area contributed by atoms with Crippen LogP contribution in [0.1, 0.15) is 13.3 Å². The Kier molecular flexibility index (Phi) is 5.03. The molecule has 0 bridgehead atoms. The van der Waals surface area contributed by atoms with Gasteiger partial charge in [0.2, 0.25) is 0 Å². The molecule has 0 aromatic carbocycles. The van der Waals surface area contributed by atoms with Gasteiger partial charge in [0.25, 0.3) is 5.41 Å². The van der Waals surface area contributed by atoms with E-state index in [9.17, 15) is 19.2 Å². The summed E-state index contributed by atoms with van der Waals surface area (Å²) >= 11 is 0. The highest BCUT2D eigenvalue weighted by Gasteiger charge is 2.62. The molecule has 0 saturated heterocycles. The lowest BCUT2D eigenvalue weighted by Gasteiger charge is -2.24. The Labute approximate surface area is 101 Å². The van der Waals surface area contributed by atoms with E-state index in [0.717, 1.165) is 6.08 Å². The van der Waals surface area contributed by atoms with Gasteiger partial charge in [0.1, 0.15) is 5.92 Å². The van der Waals surface area contributed by atoms with Crippen molar-refractivity contribution in [3.8, 4) is 0 Å². The van der Waals surface area contributed by atoms with E-state index in [0.29, 0.717) is 6.42 Å². The van der Waals surface area contributed by atoms with Crippen LogP contribution in [-0.4, -0.2) is 44.3 Å². The molecule has 0 saturated carbocycles. The number of carboxylic acid groups (broad SMARTS) is 4. The molecule has 1 unspecified atom stereocenters. The quantitative estimate of drug-likeness (QED) is 0.366. The number of carbonyl (C=O) groups is 4. The highest BCUT2D eigenvalue weighted by atomic mass is 16.4. The average Bonchev–Trinajstić information content (AvgIpc) is 2.21. The van der Waals surface area contributed by atoms with Crippen LogP contribution in [0.4, 0.5) is 0 Å². The van der Waals surface area contributed by atoms with Gasteiger partial charge in [0, 0.05) is 0 Å². The molecule has 0 aromatic rings. The van der Waals surface area contributed by atoms with Gasteiger partial charge >= 0.3 is 23.9 Å². The first kappa shape index (κ1) is 15.6. The van der Waals surface area contributed by atoms with Crippen LogP contribution in [0.25, 0.3) is 0 Å². The highest BCUT2D eigenvalue weighted by Crippen LogP contribution is 2.31. The average molecular weight is 260 g/mol. The van der Waals surface area contributed by atoms with Crippen molar-refractivity contribution in [2.45, 2.75) is 13.3 Å². The molecule has 0 radical (unpaired) electrons. The SMILES string of the molecule is CCC=CC(C(=O)O)C(C(=O)O)(C(=O)O)C(=O)O. The standard InChI is InChI=1S/C10H12O8/c1-2-3-4-5(6(11)12)10(7(13)14,8(15)16)9(17)18/h3-5H,2H2,1H3,(H,11,12)(H,13,14)(H,15,16)(H,17,18). The monoisotopic (exact) mass is 260 g/mol. The van der Waals surface area contributed by atoms with Crippen molar-refractivity contribution in [2.24, 2.45) is 11.3 Å². The van der Waals surface area contributed by atoms with Gasteiger partial charge in [0.15, 0.2) is 0 Å². The lowest BCUT2D eigenvalue weighted by Crippen LogP contribution is -2.53. The van der Waals surface area contributed by atoms with Crippen molar-refractivity contribution in [3.63, 3.8) is 0 Å². The van der Waals surface area contributed by atoms with Crippen molar-refractivity contribution in [3.05, 3.63) is 12.2 Å². The molecule has 0 aromatic heterocycles. The van der Waals surface area contributed by atoms with E-state index in [1.165, 1.54) is 6.08 Å². The first-order valence-corrected chi connectivity index (χ1v) is 4.82. The van der Waals surface area contributed by atoms with Crippen LogP contribution < -0.4 is 0 Å². The summed E-state index contributed by atoms with van der Waals surface area (Å²) in [6, 6.07) is 0. The second kappa shape index (κ2) is 5.80. The maximum absolute atomic E-state index is 11.0. The zero-order valence-electron chi connectivity index (χ0n) is 9.36.